The van der Waals surface area contributed by atoms with Crippen LogP contribution in [-0.2, 0) is 6.54 Å². The summed E-state index contributed by atoms with van der Waals surface area (Å²) in [7, 11) is 1.62. The molecule has 2 aromatic rings. The Labute approximate surface area is 124 Å². The van der Waals surface area contributed by atoms with Crippen molar-refractivity contribution >= 4 is 44.6 Å². The first-order valence-corrected chi connectivity index (χ1v) is 7.41. The lowest BCUT2D eigenvalue weighted by molar-refractivity contribution is 0.415. The average molecular weight is 347 g/mol. The molecule has 0 bridgehead atoms. The Morgan fingerprint density at radius 2 is 2.17 bits per heavy atom. The molecular weight excluding hydrogens is 334 g/mol. The maximum Gasteiger partial charge on any atom is 0.139 e. The monoisotopic (exact) mass is 345 g/mol. The van der Waals surface area contributed by atoms with Gasteiger partial charge in [0.25, 0.3) is 0 Å². The Balaban J connectivity index is 2.06. The van der Waals surface area contributed by atoms with E-state index in [0.717, 1.165) is 16.7 Å². The van der Waals surface area contributed by atoms with Gasteiger partial charge in [0.1, 0.15) is 5.75 Å². The van der Waals surface area contributed by atoms with E-state index < -0.39 is 0 Å². The van der Waals surface area contributed by atoms with Gasteiger partial charge in [0.05, 0.1) is 12.1 Å². The number of anilines is 1. The number of methoxy groups -OCH3 is 1. The number of halogens is 2. The molecule has 0 amide bonds. The number of rotatable bonds is 4. The summed E-state index contributed by atoms with van der Waals surface area (Å²) in [5, 5.41) is 3.98. The van der Waals surface area contributed by atoms with Crippen LogP contribution >= 0.6 is 38.9 Å². The number of benzene rings is 1. The summed E-state index contributed by atoms with van der Waals surface area (Å²) in [6.45, 7) is 2.89. The Bertz CT molecular complexity index is 536. The van der Waals surface area contributed by atoms with Crippen LogP contribution < -0.4 is 10.1 Å². The molecule has 1 aromatic carbocycles. The molecule has 0 saturated carbocycles. The summed E-state index contributed by atoms with van der Waals surface area (Å²) in [6, 6.07) is 7.82. The van der Waals surface area contributed by atoms with E-state index in [1.165, 1.54) is 9.75 Å². The van der Waals surface area contributed by atoms with Gasteiger partial charge in [-0.1, -0.05) is 11.6 Å². The largest absolute Gasteiger partial charge is 0.495 e. The minimum Gasteiger partial charge on any atom is -0.495 e. The molecular formula is C13H13BrClNOS. The van der Waals surface area contributed by atoms with E-state index in [1.807, 2.05) is 18.2 Å². The quantitative estimate of drug-likeness (QED) is 0.832. The number of nitrogens with one attached hydrogen (secondary N) is 1. The van der Waals surface area contributed by atoms with Gasteiger partial charge in [-0.15, -0.1) is 11.3 Å². The fourth-order valence-electron chi connectivity index (χ4n) is 1.56. The van der Waals surface area contributed by atoms with Crippen molar-refractivity contribution in [2.24, 2.45) is 0 Å². The third-order valence-electron chi connectivity index (χ3n) is 2.53. The Hall–Kier alpha value is -0.710. The third kappa shape index (κ3) is 3.19. The predicted molar refractivity (Wildman–Crippen MR) is 82.1 cm³/mol. The second kappa shape index (κ2) is 5.95. The van der Waals surface area contributed by atoms with Crippen molar-refractivity contribution in [1.29, 1.82) is 0 Å². The van der Waals surface area contributed by atoms with E-state index in [9.17, 15) is 0 Å². The summed E-state index contributed by atoms with van der Waals surface area (Å²) in [4.78, 5) is 2.58. The molecule has 0 aliphatic heterocycles. The second-order valence-corrected chi connectivity index (χ2v) is 6.42. The van der Waals surface area contributed by atoms with E-state index in [4.69, 9.17) is 16.3 Å². The van der Waals surface area contributed by atoms with Gasteiger partial charge < -0.3 is 10.1 Å². The maximum absolute atomic E-state index is 5.98. The Kier molecular flexibility index (Phi) is 4.54. The first kappa shape index (κ1) is 13.7. The molecule has 0 spiro atoms. The Morgan fingerprint density at radius 3 is 2.78 bits per heavy atom. The van der Waals surface area contributed by atoms with Crippen LogP contribution in [0.1, 0.15) is 9.75 Å². The zero-order valence-corrected chi connectivity index (χ0v) is 13.2. The lowest BCUT2D eigenvalue weighted by Gasteiger charge is -2.08. The highest BCUT2D eigenvalue weighted by Crippen LogP contribution is 2.29. The molecule has 0 aliphatic rings. The van der Waals surface area contributed by atoms with Crippen molar-refractivity contribution in [3.8, 4) is 5.75 Å². The fraction of sp³-hybridized carbons (Fsp3) is 0.231. The average Bonchev–Trinajstić information content (AvgIpc) is 2.68. The van der Waals surface area contributed by atoms with Gasteiger partial charge >= 0.3 is 0 Å². The maximum atomic E-state index is 5.98. The lowest BCUT2D eigenvalue weighted by Crippen LogP contribution is -1.97. The molecule has 0 aliphatic carbocycles. The fourth-order valence-corrected chi connectivity index (χ4v) is 3.30. The van der Waals surface area contributed by atoms with Gasteiger partial charge in [0, 0.05) is 32.5 Å². The topological polar surface area (TPSA) is 21.3 Å². The molecule has 0 saturated heterocycles. The second-order valence-electron chi connectivity index (χ2n) is 3.82. The van der Waals surface area contributed by atoms with Crippen LogP contribution in [0.5, 0.6) is 5.75 Å². The van der Waals surface area contributed by atoms with Crippen LogP contribution in [-0.4, -0.2) is 7.11 Å². The highest BCUT2D eigenvalue weighted by molar-refractivity contribution is 9.10. The zero-order valence-electron chi connectivity index (χ0n) is 10.1. The van der Waals surface area contributed by atoms with Crippen LogP contribution in [0.25, 0.3) is 0 Å². The minimum absolute atomic E-state index is 0.623. The van der Waals surface area contributed by atoms with Gasteiger partial charge in [0.2, 0.25) is 0 Å². The van der Waals surface area contributed by atoms with E-state index >= 15 is 0 Å². The number of hydrogen-bond donors (Lipinski definition) is 1. The van der Waals surface area contributed by atoms with Crippen molar-refractivity contribution < 1.29 is 4.74 Å². The van der Waals surface area contributed by atoms with Gasteiger partial charge in [-0.3, -0.25) is 0 Å². The standard InChI is InChI=1S/C13H13BrClNOS/c1-8-11(14)6-10(18-8)7-16-9-3-4-12(15)13(5-9)17-2/h3-6,16H,7H2,1-2H3. The number of thiophene rings is 1. The highest BCUT2D eigenvalue weighted by atomic mass is 79.9. The molecule has 1 aromatic heterocycles. The van der Waals surface area contributed by atoms with Gasteiger partial charge in [0.15, 0.2) is 0 Å². The molecule has 2 rings (SSSR count). The van der Waals surface area contributed by atoms with Crippen molar-refractivity contribution in [1.82, 2.24) is 0 Å². The van der Waals surface area contributed by atoms with Crippen molar-refractivity contribution in [2.75, 3.05) is 12.4 Å². The molecule has 0 radical (unpaired) electrons. The van der Waals surface area contributed by atoms with Gasteiger partial charge in [-0.25, -0.2) is 0 Å². The molecule has 0 atom stereocenters. The van der Waals surface area contributed by atoms with Crippen molar-refractivity contribution in [3.63, 3.8) is 0 Å². The first-order chi connectivity index (χ1) is 8.60. The SMILES string of the molecule is COc1cc(NCc2cc(Br)c(C)s2)ccc1Cl. The van der Waals surface area contributed by atoms with E-state index in [2.05, 4.69) is 34.2 Å². The first-order valence-electron chi connectivity index (χ1n) is 5.42. The van der Waals surface area contributed by atoms with Crippen molar-refractivity contribution in [3.05, 3.63) is 43.5 Å². The summed E-state index contributed by atoms with van der Waals surface area (Å²) >= 11 is 11.3. The molecule has 1 N–H and O–H groups in total. The summed E-state index contributed by atoms with van der Waals surface area (Å²) in [5.74, 6) is 0.685. The molecule has 1 heterocycles. The van der Waals surface area contributed by atoms with E-state index in [0.29, 0.717) is 10.8 Å². The van der Waals surface area contributed by atoms with Crippen molar-refractivity contribution in [2.45, 2.75) is 13.5 Å². The Morgan fingerprint density at radius 1 is 1.39 bits per heavy atom. The number of ether oxygens (including phenoxy) is 1. The van der Waals surface area contributed by atoms with Gasteiger partial charge in [-0.05, 0) is 41.1 Å². The third-order valence-corrected chi connectivity index (χ3v) is 4.97. The molecule has 18 heavy (non-hydrogen) atoms. The minimum atomic E-state index is 0.623. The summed E-state index contributed by atoms with van der Waals surface area (Å²) in [5.41, 5.74) is 0.999. The van der Waals surface area contributed by atoms with Crippen LogP contribution in [0.15, 0.2) is 28.7 Å². The normalized spacial score (nSPS) is 10.4. The predicted octanol–water partition coefficient (Wildman–Crippen LogP) is 5.09. The molecule has 0 fully saturated rings. The molecule has 0 unspecified atom stereocenters. The number of aryl methyl sites for hydroxylation is 1. The van der Waals surface area contributed by atoms with E-state index in [1.54, 1.807) is 18.4 Å². The van der Waals surface area contributed by atoms with Crippen LogP contribution in [0, 0.1) is 6.92 Å². The lowest BCUT2D eigenvalue weighted by atomic mass is 10.3. The van der Waals surface area contributed by atoms with Crippen LogP contribution in [0.3, 0.4) is 0 Å². The highest BCUT2D eigenvalue weighted by Gasteiger charge is 2.04. The zero-order chi connectivity index (χ0) is 13.1. The van der Waals surface area contributed by atoms with Crippen LogP contribution in [0.2, 0.25) is 5.02 Å². The van der Waals surface area contributed by atoms with E-state index in [-0.39, 0.29) is 0 Å². The molecule has 2 nitrogen and oxygen atoms in total. The van der Waals surface area contributed by atoms with Crippen LogP contribution in [0.4, 0.5) is 5.69 Å². The van der Waals surface area contributed by atoms with Gasteiger partial charge in [-0.2, -0.15) is 0 Å². The number of hydrogen-bond acceptors (Lipinski definition) is 3. The molecule has 96 valence electrons. The molecule has 5 heteroatoms. The summed E-state index contributed by atoms with van der Waals surface area (Å²) in [6.07, 6.45) is 0. The smallest absolute Gasteiger partial charge is 0.139 e. The summed E-state index contributed by atoms with van der Waals surface area (Å²) < 4.78 is 6.35.